The number of aromatic nitrogens is 2. The highest BCUT2D eigenvalue weighted by atomic mass is 79.9. The molecule has 0 unspecified atom stereocenters. The molecule has 0 aliphatic heterocycles. The molecule has 178 valence electrons. The fourth-order valence-corrected chi connectivity index (χ4v) is 4.51. The van der Waals surface area contributed by atoms with Crippen LogP contribution in [0.25, 0.3) is 22.3 Å². The van der Waals surface area contributed by atoms with E-state index in [9.17, 15) is 4.79 Å². The van der Waals surface area contributed by atoms with Crippen molar-refractivity contribution >= 4 is 56.2 Å². The van der Waals surface area contributed by atoms with E-state index in [1.807, 2.05) is 72.8 Å². The van der Waals surface area contributed by atoms with Gasteiger partial charge in [-0.3, -0.25) is 4.79 Å². The lowest BCUT2D eigenvalue weighted by molar-refractivity contribution is 0.306. The van der Waals surface area contributed by atoms with Crippen LogP contribution in [0.5, 0.6) is 5.75 Å². The zero-order valence-corrected chi connectivity index (χ0v) is 21.8. The third-order valence-corrected chi connectivity index (χ3v) is 6.55. The first-order valence-electron chi connectivity index (χ1n) is 11.0. The molecule has 8 heteroatoms. The number of benzene rings is 4. The molecule has 0 saturated heterocycles. The molecule has 0 spiro atoms. The molecule has 4 aromatic carbocycles. The Morgan fingerprint density at radius 1 is 0.944 bits per heavy atom. The molecule has 0 fully saturated rings. The fourth-order valence-electron chi connectivity index (χ4n) is 3.67. The molecule has 0 aliphatic rings. The van der Waals surface area contributed by atoms with Crippen molar-refractivity contribution in [1.82, 2.24) is 9.66 Å². The minimum atomic E-state index is -0.263. The minimum absolute atomic E-state index is 0.241. The Morgan fingerprint density at radius 2 is 1.72 bits per heavy atom. The average Bonchev–Trinajstić information content (AvgIpc) is 2.89. The summed E-state index contributed by atoms with van der Waals surface area (Å²) in [6, 6.07) is 27.5. The molecule has 5 rings (SSSR count). The van der Waals surface area contributed by atoms with Crippen LogP contribution in [0, 0.1) is 0 Å². The molecule has 36 heavy (non-hydrogen) atoms. The van der Waals surface area contributed by atoms with Crippen molar-refractivity contribution in [2.75, 3.05) is 0 Å². The number of rotatable bonds is 6. The lowest BCUT2D eigenvalue weighted by Gasteiger charge is -2.12. The Balaban J connectivity index is 1.55. The Bertz CT molecular complexity index is 1650. The van der Waals surface area contributed by atoms with Gasteiger partial charge in [-0.05, 0) is 42.5 Å². The van der Waals surface area contributed by atoms with E-state index in [-0.39, 0.29) is 12.2 Å². The van der Waals surface area contributed by atoms with Crippen molar-refractivity contribution in [3.63, 3.8) is 0 Å². The molecule has 1 heterocycles. The van der Waals surface area contributed by atoms with E-state index in [1.165, 1.54) is 4.68 Å². The Morgan fingerprint density at radius 3 is 2.53 bits per heavy atom. The van der Waals surface area contributed by atoms with E-state index in [0.29, 0.717) is 38.1 Å². The number of para-hydroxylation sites is 1. The lowest BCUT2D eigenvalue weighted by Crippen LogP contribution is -2.20. The first kappa shape index (κ1) is 24.3. The first-order valence-corrected chi connectivity index (χ1v) is 12.5. The van der Waals surface area contributed by atoms with E-state index in [1.54, 1.807) is 24.4 Å². The molecule has 5 nitrogen and oxygen atoms in total. The van der Waals surface area contributed by atoms with Gasteiger partial charge in [-0.15, -0.1) is 0 Å². The summed E-state index contributed by atoms with van der Waals surface area (Å²) in [6.45, 7) is 0.241. The Labute approximate surface area is 225 Å². The Kier molecular flexibility index (Phi) is 7.18. The summed E-state index contributed by atoms with van der Waals surface area (Å²) in [6.07, 6.45) is 1.59. The predicted octanol–water partition coefficient (Wildman–Crippen LogP) is 7.59. The second kappa shape index (κ2) is 10.7. The SMILES string of the molecule is O=c1c2ccccc2nc(-c2ccccc2)n1N=Cc1cc(Br)ccc1OCc1ccc(Cl)cc1Cl. The molecule has 0 bridgehead atoms. The van der Waals surface area contributed by atoms with Gasteiger partial charge in [-0.25, -0.2) is 4.98 Å². The monoisotopic (exact) mass is 577 g/mol. The maximum atomic E-state index is 13.4. The van der Waals surface area contributed by atoms with Crippen molar-refractivity contribution in [3.8, 4) is 17.1 Å². The summed E-state index contributed by atoms with van der Waals surface area (Å²) in [5.74, 6) is 1.02. The molecule has 0 radical (unpaired) electrons. The van der Waals surface area contributed by atoms with E-state index < -0.39 is 0 Å². The number of nitrogens with zero attached hydrogens (tertiary/aromatic N) is 3. The van der Waals surface area contributed by atoms with Gasteiger partial charge in [0, 0.05) is 31.2 Å². The van der Waals surface area contributed by atoms with Gasteiger partial charge in [-0.2, -0.15) is 9.78 Å². The second-order valence-electron chi connectivity index (χ2n) is 7.89. The van der Waals surface area contributed by atoms with Crippen molar-refractivity contribution < 1.29 is 4.74 Å². The lowest BCUT2D eigenvalue weighted by atomic mass is 10.2. The normalized spacial score (nSPS) is 11.3. The third-order valence-electron chi connectivity index (χ3n) is 5.47. The van der Waals surface area contributed by atoms with Gasteiger partial charge in [0.15, 0.2) is 5.82 Å². The number of ether oxygens (including phenoxy) is 1. The van der Waals surface area contributed by atoms with Crippen molar-refractivity contribution in [2.45, 2.75) is 6.61 Å². The number of halogens is 3. The molecule has 0 N–H and O–H groups in total. The first-order chi connectivity index (χ1) is 17.5. The summed E-state index contributed by atoms with van der Waals surface area (Å²) < 4.78 is 8.22. The van der Waals surface area contributed by atoms with Gasteiger partial charge < -0.3 is 4.74 Å². The van der Waals surface area contributed by atoms with Crippen molar-refractivity contribution in [2.24, 2.45) is 5.10 Å². The van der Waals surface area contributed by atoms with Crippen molar-refractivity contribution in [3.05, 3.63) is 127 Å². The molecule has 0 atom stereocenters. The minimum Gasteiger partial charge on any atom is -0.488 e. The van der Waals surface area contributed by atoms with Crippen LogP contribution in [0.4, 0.5) is 0 Å². The molecule has 0 aliphatic carbocycles. The summed E-state index contributed by atoms with van der Waals surface area (Å²) in [5.41, 5.74) is 2.60. The van der Waals surface area contributed by atoms with Crippen LogP contribution in [0.3, 0.4) is 0 Å². The van der Waals surface area contributed by atoms with Crippen LogP contribution in [0.1, 0.15) is 11.1 Å². The van der Waals surface area contributed by atoms with Crippen LogP contribution >= 0.6 is 39.1 Å². The molecule has 0 amide bonds. The van der Waals surface area contributed by atoms with E-state index in [4.69, 9.17) is 32.9 Å². The molecule has 1 aromatic heterocycles. The smallest absolute Gasteiger partial charge is 0.282 e. The summed E-state index contributed by atoms with van der Waals surface area (Å²) in [4.78, 5) is 18.1. The standard InChI is InChI=1S/C28H18BrCl2N3O2/c29-21-11-13-26(36-17-19-10-12-22(30)15-24(19)31)20(14-21)16-32-34-27(18-6-2-1-3-7-18)33-25-9-5-4-8-23(25)28(34)35/h1-16H,17H2. The van der Waals surface area contributed by atoms with Crippen LogP contribution in [-0.4, -0.2) is 15.9 Å². The number of hydrogen-bond donors (Lipinski definition) is 0. The van der Waals surface area contributed by atoms with Gasteiger partial charge in [0.1, 0.15) is 12.4 Å². The van der Waals surface area contributed by atoms with Gasteiger partial charge in [-0.1, -0.05) is 87.7 Å². The second-order valence-corrected chi connectivity index (χ2v) is 9.65. The summed E-state index contributed by atoms with van der Waals surface area (Å²) in [7, 11) is 0. The van der Waals surface area contributed by atoms with E-state index in [2.05, 4.69) is 21.0 Å². The fraction of sp³-hybridized carbons (Fsp3) is 0.0357. The van der Waals surface area contributed by atoms with Crippen LogP contribution in [-0.2, 0) is 6.61 Å². The average molecular weight is 579 g/mol. The topological polar surface area (TPSA) is 56.5 Å². The van der Waals surface area contributed by atoms with Crippen molar-refractivity contribution in [1.29, 1.82) is 0 Å². The molecular formula is C28H18BrCl2N3O2. The van der Waals surface area contributed by atoms with Crippen LogP contribution < -0.4 is 10.3 Å². The van der Waals surface area contributed by atoms with Crippen LogP contribution in [0.2, 0.25) is 10.0 Å². The van der Waals surface area contributed by atoms with Gasteiger partial charge >= 0.3 is 0 Å². The summed E-state index contributed by atoms with van der Waals surface area (Å²) >= 11 is 15.8. The highest BCUT2D eigenvalue weighted by Gasteiger charge is 2.13. The third kappa shape index (κ3) is 5.21. The predicted molar refractivity (Wildman–Crippen MR) is 149 cm³/mol. The highest BCUT2D eigenvalue weighted by Crippen LogP contribution is 2.26. The van der Waals surface area contributed by atoms with Gasteiger partial charge in [0.25, 0.3) is 5.56 Å². The highest BCUT2D eigenvalue weighted by molar-refractivity contribution is 9.10. The summed E-state index contributed by atoms with van der Waals surface area (Å²) in [5, 5.41) is 6.13. The zero-order chi connectivity index (χ0) is 25.1. The molecule has 0 saturated carbocycles. The maximum absolute atomic E-state index is 13.4. The van der Waals surface area contributed by atoms with Crippen LogP contribution in [0.15, 0.2) is 105 Å². The van der Waals surface area contributed by atoms with E-state index in [0.717, 1.165) is 15.6 Å². The molecular weight excluding hydrogens is 561 g/mol. The maximum Gasteiger partial charge on any atom is 0.282 e. The van der Waals surface area contributed by atoms with Gasteiger partial charge in [0.2, 0.25) is 0 Å². The van der Waals surface area contributed by atoms with Gasteiger partial charge in [0.05, 0.1) is 17.1 Å². The zero-order valence-electron chi connectivity index (χ0n) is 18.7. The van der Waals surface area contributed by atoms with E-state index >= 15 is 0 Å². The quantitative estimate of drug-likeness (QED) is 0.195. The Hall–Kier alpha value is -3.45. The largest absolute Gasteiger partial charge is 0.488 e. The number of fused-ring (bicyclic) bond motifs is 1. The number of hydrogen-bond acceptors (Lipinski definition) is 4. The molecule has 5 aromatic rings.